The fourth-order valence-corrected chi connectivity index (χ4v) is 4.16. The van der Waals surface area contributed by atoms with Crippen LogP contribution in [-0.2, 0) is 11.2 Å². The third-order valence-electron chi connectivity index (χ3n) is 5.63. The second-order valence-corrected chi connectivity index (χ2v) is 7.58. The highest BCUT2D eigenvalue weighted by atomic mass is 16.5. The lowest BCUT2D eigenvalue weighted by Crippen LogP contribution is -2.46. The zero-order valence-electron chi connectivity index (χ0n) is 16.9. The van der Waals surface area contributed by atoms with E-state index in [2.05, 4.69) is 44.1 Å². The Morgan fingerprint density at radius 1 is 1.29 bits per heavy atom. The number of para-hydroxylation sites is 2. The average Bonchev–Trinajstić information content (AvgIpc) is 3.38. The Hall–Kier alpha value is -2.12. The molecular formula is C21H32N6O. The zero-order valence-corrected chi connectivity index (χ0v) is 16.9. The van der Waals surface area contributed by atoms with E-state index in [1.165, 1.54) is 6.42 Å². The molecule has 1 atom stereocenters. The Kier molecular flexibility index (Phi) is 6.44. The summed E-state index contributed by atoms with van der Waals surface area (Å²) in [6.45, 7) is 9.86. The highest BCUT2D eigenvalue weighted by Crippen LogP contribution is 2.17. The summed E-state index contributed by atoms with van der Waals surface area (Å²) in [6, 6.07) is 8.82. The number of hydrogen-bond donors (Lipinski definition) is 2. The number of likely N-dealkylation sites (tertiary alicyclic amines) is 1. The summed E-state index contributed by atoms with van der Waals surface area (Å²) in [5.41, 5.74) is 2.15. The molecule has 1 aromatic carbocycles. The van der Waals surface area contributed by atoms with Gasteiger partial charge in [0, 0.05) is 51.7 Å². The highest BCUT2D eigenvalue weighted by Gasteiger charge is 2.30. The normalized spacial score (nSPS) is 21.5. The Bertz CT molecular complexity index is 749. The summed E-state index contributed by atoms with van der Waals surface area (Å²) >= 11 is 0. The molecule has 7 heteroatoms. The lowest BCUT2D eigenvalue weighted by atomic mass is 10.2. The number of imidazole rings is 1. The van der Waals surface area contributed by atoms with Gasteiger partial charge in [0.05, 0.1) is 24.2 Å². The van der Waals surface area contributed by atoms with Crippen molar-refractivity contribution in [2.45, 2.75) is 32.2 Å². The first-order chi connectivity index (χ1) is 13.8. The van der Waals surface area contributed by atoms with Crippen LogP contribution in [0.15, 0.2) is 29.3 Å². The van der Waals surface area contributed by atoms with Gasteiger partial charge in [-0.25, -0.2) is 4.98 Å². The minimum absolute atomic E-state index is 0.628. The van der Waals surface area contributed by atoms with Crippen LogP contribution in [0.4, 0.5) is 0 Å². The fourth-order valence-electron chi connectivity index (χ4n) is 4.16. The molecule has 0 spiro atoms. The lowest BCUT2D eigenvalue weighted by molar-refractivity contribution is 0.0195. The second-order valence-electron chi connectivity index (χ2n) is 7.58. The molecule has 2 aromatic rings. The number of rotatable bonds is 6. The molecule has 2 aliphatic rings. The monoisotopic (exact) mass is 384 g/mol. The number of guanidine groups is 1. The van der Waals surface area contributed by atoms with E-state index >= 15 is 0 Å². The van der Waals surface area contributed by atoms with Crippen molar-refractivity contribution >= 4 is 17.0 Å². The standard InChI is InChI=1S/C21H32N6O/c1-2-22-21(27-11-9-17(16-27)26-12-14-28-15-13-26)23-10-5-8-20-24-18-6-3-4-7-19(18)25-20/h3-4,6-7,17H,2,5,8-16H2,1H3,(H,22,23)(H,24,25). The van der Waals surface area contributed by atoms with Crippen LogP contribution in [0.25, 0.3) is 11.0 Å². The van der Waals surface area contributed by atoms with E-state index in [4.69, 9.17) is 9.73 Å². The molecule has 152 valence electrons. The van der Waals surface area contributed by atoms with Crippen molar-refractivity contribution in [3.05, 3.63) is 30.1 Å². The summed E-state index contributed by atoms with van der Waals surface area (Å²) in [4.78, 5) is 18.0. The maximum atomic E-state index is 5.49. The van der Waals surface area contributed by atoms with Gasteiger partial charge in [0.1, 0.15) is 5.82 Å². The predicted octanol–water partition coefficient (Wildman–Crippen LogP) is 1.87. The molecule has 0 saturated carbocycles. The van der Waals surface area contributed by atoms with E-state index in [-0.39, 0.29) is 0 Å². The summed E-state index contributed by atoms with van der Waals surface area (Å²) in [5, 5.41) is 3.48. The van der Waals surface area contributed by atoms with E-state index in [0.717, 1.165) is 88.1 Å². The number of nitrogens with one attached hydrogen (secondary N) is 2. The van der Waals surface area contributed by atoms with Crippen LogP contribution in [0.5, 0.6) is 0 Å². The number of aromatic nitrogens is 2. The number of benzene rings is 1. The summed E-state index contributed by atoms with van der Waals surface area (Å²) in [7, 11) is 0. The van der Waals surface area contributed by atoms with E-state index in [1.807, 2.05) is 12.1 Å². The van der Waals surface area contributed by atoms with Crippen molar-refractivity contribution in [1.82, 2.24) is 25.1 Å². The van der Waals surface area contributed by atoms with Crippen molar-refractivity contribution in [2.75, 3.05) is 52.5 Å². The topological polar surface area (TPSA) is 68.8 Å². The second kappa shape index (κ2) is 9.39. The summed E-state index contributed by atoms with van der Waals surface area (Å²) < 4.78 is 5.49. The van der Waals surface area contributed by atoms with Gasteiger partial charge < -0.3 is 19.9 Å². The molecule has 4 rings (SSSR count). The molecule has 7 nitrogen and oxygen atoms in total. The molecule has 1 aromatic heterocycles. The number of nitrogens with zero attached hydrogens (tertiary/aromatic N) is 4. The molecule has 28 heavy (non-hydrogen) atoms. The number of aromatic amines is 1. The van der Waals surface area contributed by atoms with Gasteiger partial charge in [-0.05, 0) is 31.9 Å². The molecule has 0 bridgehead atoms. The molecule has 3 heterocycles. The Labute approximate surface area is 167 Å². The van der Waals surface area contributed by atoms with Crippen molar-refractivity contribution < 1.29 is 4.74 Å². The van der Waals surface area contributed by atoms with E-state index < -0.39 is 0 Å². The molecule has 2 fully saturated rings. The SMILES string of the molecule is CCNC(=NCCCc1nc2ccccc2[nH]1)N1CCC(N2CCOCC2)C1. The Morgan fingerprint density at radius 2 is 2.14 bits per heavy atom. The fraction of sp³-hybridized carbons (Fsp3) is 0.619. The number of fused-ring (bicyclic) bond motifs is 1. The van der Waals surface area contributed by atoms with Gasteiger partial charge in [0.25, 0.3) is 0 Å². The maximum absolute atomic E-state index is 5.49. The smallest absolute Gasteiger partial charge is 0.193 e. The number of aryl methyl sites for hydroxylation is 1. The molecule has 1 unspecified atom stereocenters. The molecule has 2 N–H and O–H groups in total. The molecule has 2 aliphatic heterocycles. The van der Waals surface area contributed by atoms with E-state index in [9.17, 15) is 0 Å². The van der Waals surface area contributed by atoms with Crippen LogP contribution in [0.1, 0.15) is 25.6 Å². The number of morpholine rings is 1. The van der Waals surface area contributed by atoms with Crippen LogP contribution in [-0.4, -0.2) is 84.3 Å². The van der Waals surface area contributed by atoms with Crippen LogP contribution in [0.3, 0.4) is 0 Å². The van der Waals surface area contributed by atoms with Crippen LogP contribution in [0.2, 0.25) is 0 Å². The predicted molar refractivity (Wildman–Crippen MR) is 113 cm³/mol. The van der Waals surface area contributed by atoms with Gasteiger partial charge in [-0.2, -0.15) is 0 Å². The quantitative estimate of drug-likeness (QED) is 0.452. The van der Waals surface area contributed by atoms with Gasteiger partial charge in [-0.1, -0.05) is 12.1 Å². The first-order valence-corrected chi connectivity index (χ1v) is 10.6. The zero-order chi connectivity index (χ0) is 19.2. The summed E-state index contributed by atoms with van der Waals surface area (Å²) in [6.07, 6.45) is 3.13. The first kappa shape index (κ1) is 19.2. The largest absolute Gasteiger partial charge is 0.379 e. The number of ether oxygens (including phenoxy) is 1. The maximum Gasteiger partial charge on any atom is 0.193 e. The Balaban J connectivity index is 1.29. The van der Waals surface area contributed by atoms with Gasteiger partial charge in [-0.3, -0.25) is 9.89 Å². The van der Waals surface area contributed by atoms with Crippen LogP contribution < -0.4 is 5.32 Å². The van der Waals surface area contributed by atoms with E-state index in [1.54, 1.807) is 0 Å². The van der Waals surface area contributed by atoms with Gasteiger partial charge in [0.2, 0.25) is 0 Å². The average molecular weight is 385 g/mol. The molecule has 0 radical (unpaired) electrons. The lowest BCUT2D eigenvalue weighted by Gasteiger charge is -2.32. The van der Waals surface area contributed by atoms with Crippen molar-refractivity contribution in [3.63, 3.8) is 0 Å². The van der Waals surface area contributed by atoms with Gasteiger partial charge in [-0.15, -0.1) is 0 Å². The van der Waals surface area contributed by atoms with Gasteiger partial charge >= 0.3 is 0 Å². The van der Waals surface area contributed by atoms with Crippen LogP contribution >= 0.6 is 0 Å². The third kappa shape index (κ3) is 4.64. The van der Waals surface area contributed by atoms with E-state index in [0.29, 0.717) is 6.04 Å². The minimum atomic E-state index is 0.628. The molecule has 0 aliphatic carbocycles. The van der Waals surface area contributed by atoms with Gasteiger partial charge in [0.15, 0.2) is 5.96 Å². The minimum Gasteiger partial charge on any atom is -0.379 e. The molecule has 0 amide bonds. The number of hydrogen-bond acceptors (Lipinski definition) is 4. The third-order valence-corrected chi connectivity index (χ3v) is 5.63. The molecule has 2 saturated heterocycles. The van der Waals surface area contributed by atoms with Crippen molar-refractivity contribution in [1.29, 1.82) is 0 Å². The van der Waals surface area contributed by atoms with Crippen LogP contribution in [0, 0.1) is 0 Å². The molecular weight excluding hydrogens is 352 g/mol. The van der Waals surface area contributed by atoms with Crippen molar-refractivity contribution in [2.24, 2.45) is 4.99 Å². The number of aliphatic imine (C=N–C) groups is 1. The number of H-pyrrole nitrogens is 1. The highest BCUT2D eigenvalue weighted by molar-refractivity contribution is 5.80. The van der Waals surface area contributed by atoms with Crippen molar-refractivity contribution in [3.8, 4) is 0 Å². The summed E-state index contributed by atoms with van der Waals surface area (Å²) in [5.74, 6) is 2.11. The first-order valence-electron chi connectivity index (χ1n) is 10.6. The Morgan fingerprint density at radius 3 is 2.96 bits per heavy atom.